The molecule has 0 atom stereocenters. The van der Waals surface area contributed by atoms with Gasteiger partial charge in [0.1, 0.15) is 5.75 Å². The highest BCUT2D eigenvalue weighted by molar-refractivity contribution is 6.10. The Morgan fingerprint density at radius 3 is 2.54 bits per heavy atom. The van der Waals surface area contributed by atoms with Crippen molar-refractivity contribution < 1.29 is 19.4 Å². The number of ether oxygens (including phenoxy) is 1. The number of carbonyl (C=O) groups excluding carboxylic acids is 1. The smallest absolute Gasteiger partial charge is 0.332 e. The van der Waals surface area contributed by atoms with Crippen molar-refractivity contribution in [3.05, 3.63) is 65.3 Å². The van der Waals surface area contributed by atoms with Gasteiger partial charge >= 0.3 is 5.97 Å². The molecule has 1 aliphatic carbocycles. The zero-order chi connectivity index (χ0) is 20.1. The van der Waals surface area contributed by atoms with Gasteiger partial charge in [-0.3, -0.25) is 4.79 Å². The average molecular weight is 377 g/mol. The first-order chi connectivity index (χ1) is 13.5. The highest BCUT2D eigenvalue weighted by Crippen LogP contribution is 2.31. The van der Waals surface area contributed by atoms with Crippen molar-refractivity contribution in [2.45, 2.75) is 26.2 Å². The fourth-order valence-corrected chi connectivity index (χ4v) is 3.40. The average Bonchev–Trinajstić information content (AvgIpc) is 3.20. The molecule has 0 spiro atoms. The summed E-state index contributed by atoms with van der Waals surface area (Å²) in [6, 6.07) is 13.5. The van der Waals surface area contributed by atoms with Gasteiger partial charge in [0, 0.05) is 16.8 Å². The van der Waals surface area contributed by atoms with Crippen molar-refractivity contribution in [1.29, 1.82) is 0 Å². The Balaban J connectivity index is 1.92. The van der Waals surface area contributed by atoms with Gasteiger partial charge in [-0.05, 0) is 67.1 Å². The number of hydrogen-bond acceptors (Lipinski definition) is 3. The van der Waals surface area contributed by atoms with Crippen LogP contribution in [-0.2, 0) is 9.59 Å². The van der Waals surface area contributed by atoms with Crippen LogP contribution in [0.15, 0.2) is 59.7 Å². The van der Waals surface area contributed by atoms with E-state index in [4.69, 9.17) is 4.74 Å². The summed E-state index contributed by atoms with van der Waals surface area (Å²) < 4.78 is 5.29. The molecule has 0 bridgehead atoms. The van der Waals surface area contributed by atoms with Gasteiger partial charge in [0.05, 0.1) is 7.11 Å². The summed E-state index contributed by atoms with van der Waals surface area (Å²) in [7, 11) is 1.63. The fraction of sp³-hybridized carbons (Fsp3) is 0.217. The van der Waals surface area contributed by atoms with Crippen LogP contribution in [-0.4, -0.2) is 24.1 Å². The normalized spacial score (nSPS) is 13.8. The maximum Gasteiger partial charge on any atom is 0.332 e. The van der Waals surface area contributed by atoms with Gasteiger partial charge in [0.25, 0.3) is 5.91 Å². The first kappa shape index (κ1) is 19.4. The lowest BCUT2D eigenvalue weighted by atomic mass is 10.0. The molecule has 0 aliphatic heterocycles. The molecule has 0 aromatic heterocycles. The van der Waals surface area contributed by atoms with E-state index >= 15 is 0 Å². The van der Waals surface area contributed by atoms with E-state index in [-0.39, 0.29) is 11.5 Å². The summed E-state index contributed by atoms with van der Waals surface area (Å²) in [6.45, 7) is 1.91. The molecule has 0 saturated heterocycles. The zero-order valence-electron chi connectivity index (χ0n) is 16.0. The number of benzene rings is 2. The molecule has 144 valence electrons. The van der Waals surface area contributed by atoms with Crippen LogP contribution in [0.25, 0.3) is 17.2 Å². The molecule has 0 heterocycles. The largest absolute Gasteiger partial charge is 0.497 e. The molecular weight excluding hydrogens is 354 g/mol. The minimum absolute atomic E-state index is 0.220. The zero-order valence-corrected chi connectivity index (χ0v) is 16.0. The van der Waals surface area contributed by atoms with Gasteiger partial charge in [-0.25, -0.2) is 4.79 Å². The van der Waals surface area contributed by atoms with Gasteiger partial charge < -0.3 is 15.2 Å². The Hall–Kier alpha value is -3.34. The second kappa shape index (κ2) is 8.57. The fourth-order valence-electron chi connectivity index (χ4n) is 3.40. The predicted molar refractivity (Wildman–Crippen MR) is 110 cm³/mol. The minimum atomic E-state index is -1.01. The number of rotatable bonds is 6. The van der Waals surface area contributed by atoms with Gasteiger partial charge in [-0.1, -0.05) is 30.4 Å². The molecular formula is C23H23NO4. The maximum absolute atomic E-state index is 12.7. The van der Waals surface area contributed by atoms with Crippen LogP contribution in [0.4, 0.5) is 5.69 Å². The Bertz CT molecular complexity index is 972. The van der Waals surface area contributed by atoms with Crippen LogP contribution in [0.2, 0.25) is 0 Å². The molecule has 5 nitrogen and oxygen atoms in total. The van der Waals surface area contributed by atoms with Crippen LogP contribution in [0, 0.1) is 0 Å². The lowest BCUT2D eigenvalue weighted by Crippen LogP contribution is -2.17. The minimum Gasteiger partial charge on any atom is -0.497 e. The van der Waals surface area contributed by atoms with E-state index in [0.717, 1.165) is 22.4 Å². The first-order valence-electron chi connectivity index (χ1n) is 9.21. The maximum atomic E-state index is 12.7. The summed E-state index contributed by atoms with van der Waals surface area (Å²) in [5, 5.41) is 12.2. The summed E-state index contributed by atoms with van der Waals surface area (Å²) in [5.41, 5.74) is 4.10. The molecule has 28 heavy (non-hydrogen) atoms. The van der Waals surface area contributed by atoms with Crippen LogP contribution < -0.4 is 10.1 Å². The number of allylic oxidation sites excluding steroid dienone is 1. The summed E-state index contributed by atoms with van der Waals surface area (Å²) in [6.07, 6.45) is 5.45. The van der Waals surface area contributed by atoms with Crippen molar-refractivity contribution in [3.8, 4) is 16.9 Å². The van der Waals surface area contributed by atoms with Gasteiger partial charge in [-0.15, -0.1) is 0 Å². The second-order valence-corrected chi connectivity index (χ2v) is 6.60. The number of nitrogens with one attached hydrogen (secondary N) is 1. The van der Waals surface area contributed by atoms with Crippen molar-refractivity contribution >= 4 is 23.6 Å². The van der Waals surface area contributed by atoms with Gasteiger partial charge in [0.15, 0.2) is 0 Å². The van der Waals surface area contributed by atoms with Crippen LogP contribution in [0.5, 0.6) is 5.75 Å². The van der Waals surface area contributed by atoms with Crippen LogP contribution in [0.1, 0.15) is 31.7 Å². The van der Waals surface area contributed by atoms with Crippen molar-refractivity contribution in [1.82, 2.24) is 0 Å². The van der Waals surface area contributed by atoms with Crippen molar-refractivity contribution in [2.24, 2.45) is 0 Å². The Kier molecular flexibility index (Phi) is 5.94. The molecule has 0 radical (unpaired) electrons. The lowest BCUT2D eigenvalue weighted by Gasteiger charge is -2.13. The lowest BCUT2D eigenvalue weighted by molar-refractivity contribution is -0.133. The topological polar surface area (TPSA) is 75.6 Å². The molecule has 1 amide bonds. The third-order valence-electron chi connectivity index (χ3n) is 4.80. The van der Waals surface area contributed by atoms with Crippen molar-refractivity contribution in [2.75, 3.05) is 12.4 Å². The number of carbonyl (C=O) groups is 2. The van der Waals surface area contributed by atoms with Crippen LogP contribution in [0.3, 0.4) is 0 Å². The van der Waals surface area contributed by atoms with Crippen LogP contribution >= 0.6 is 0 Å². The second-order valence-electron chi connectivity index (χ2n) is 6.60. The Morgan fingerprint density at radius 2 is 1.82 bits per heavy atom. The van der Waals surface area contributed by atoms with E-state index in [1.165, 1.54) is 0 Å². The SMILES string of the molecule is CC=Cc1cc(-c2cccc(OC)c2)ccc1NC(=O)C1=C(C(=O)O)CCC1. The number of carboxylic acid groups (broad SMARTS) is 1. The highest BCUT2D eigenvalue weighted by atomic mass is 16.5. The highest BCUT2D eigenvalue weighted by Gasteiger charge is 2.25. The number of amides is 1. The summed E-state index contributed by atoms with van der Waals surface area (Å²) in [5.74, 6) is -0.573. The molecule has 3 rings (SSSR count). The predicted octanol–water partition coefficient (Wildman–Crippen LogP) is 4.90. The van der Waals surface area contributed by atoms with Gasteiger partial charge in [-0.2, -0.15) is 0 Å². The molecule has 0 fully saturated rings. The third kappa shape index (κ3) is 4.14. The van der Waals surface area contributed by atoms with Gasteiger partial charge in [0.2, 0.25) is 0 Å². The number of carboxylic acids is 1. The molecule has 2 aromatic rings. The third-order valence-corrected chi connectivity index (χ3v) is 4.80. The standard InChI is InChI=1S/C23H23NO4/c1-3-6-17-13-16(15-7-4-8-18(14-15)28-2)11-12-21(17)24-22(25)19-9-5-10-20(19)23(26)27/h3-4,6-8,11-14H,5,9-10H2,1-2H3,(H,24,25)(H,26,27). The van der Waals surface area contributed by atoms with E-state index < -0.39 is 5.97 Å². The van der Waals surface area contributed by atoms with E-state index in [1.807, 2.05) is 61.5 Å². The monoisotopic (exact) mass is 377 g/mol. The molecule has 1 aliphatic rings. The Labute approximate surface area is 164 Å². The molecule has 2 aromatic carbocycles. The van der Waals surface area contributed by atoms with E-state index in [0.29, 0.717) is 30.5 Å². The number of aliphatic carboxylic acids is 1. The Morgan fingerprint density at radius 1 is 1.07 bits per heavy atom. The quantitative estimate of drug-likeness (QED) is 0.751. The molecule has 0 unspecified atom stereocenters. The van der Waals surface area contributed by atoms with E-state index in [1.54, 1.807) is 7.11 Å². The first-order valence-corrected chi connectivity index (χ1v) is 9.21. The molecule has 2 N–H and O–H groups in total. The van der Waals surface area contributed by atoms with E-state index in [2.05, 4.69) is 5.32 Å². The number of methoxy groups -OCH3 is 1. The summed E-state index contributed by atoms with van der Waals surface area (Å²) in [4.78, 5) is 24.0. The van der Waals surface area contributed by atoms with Crippen molar-refractivity contribution in [3.63, 3.8) is 0 Å². The van der Waals surface area contributed by atoms with E-state index in [9.17, 15) is 14.7 Å². The summed E-state index contributed by atoms with van der Waals surface area (Å²) >= 11 is 0. The number of anilines is 1. The number of hydrogen-bond donors (Lipinski definition) is 2. The molecule has 5 heteroatoms. The molecule has 0 saturated carbocycles.